The van der Waals surface area contributed by atoms with Gasteiger partial charge in [0.2, 0.25) is 0 Å². The molecule has 1 unspecified atom stereocenters. The third kappa shape index (κ3) is 4.01. The monoisotopic (exact) mass is 440 g/mol. The van der Waals surface area contributed by atoms with Gasteiger partial charge in [-0.05, 0) is 85.0 Å². The van der Waals surface area contributed by atoms with E-state index in [1.807, 2.05) is 18.2 Å². The van der Waals surface area contributed by atoms with Gasteiger partial charge in [-0.25, -0.2) is 13.6 Å². The van der Waals surface area contributed by atoms with Crippen molar-refractivity contribution in [1.82, 2.24) is 10.2 Å². The molecule has 32 heavy (non-hydrogen) atoms. The number of nitrogens with one attached hydrogen (secondary N) is 1. The van der Waals surface area contributed by atoms with Crippen molar-refractivity contribution in [3.8, 4) is 11.1 Å². The topological polar surface area (TPSA) is 41.6 Å². The predicted molar refractivity (Wildman–Crippen MR) is 119 cm³/mol. The summed E-state index contributed by atoms with van der Waals surface area (Å²) in [4.78, 5) is 15.2. The van der Waals surface area contributed by atoms with E-state index < -0.39 is 11.6 Å². The molecule has 1 amide bonds. The maximum absolute atomic E-state index is 14.3. The number of fused-ring (bicyclic) bond motifs is 4. The predicted octanol–water partition coefficient (Wildman–Crippen LogP) is 5.47. The van der Waals surface area contributed by atoms with E-state index in [1.54, 1.807) is 0 Å². The molecule has 3 heterocycles. The summed E-state index contributed by atoms with van der Waals surface area (Å²) in [5.41, 5.74) is 2.83. The van der Waals surface area contributed by atoms with Crippen LogP contribution in [0.4, 0.5) is 13.6 Å². The molecule has 6 rings (SSSR count). The molecule has 0 spiro atoms. The summed E-state index contributed by atoms with van der Waals surface area (Å²) >= 11 is 0. The number of hydrogen-bond acceptors (Lipinski definition) is 3. The van der Waals surface area contributed by atoms with Crippen LogP contribution in [0.15, 0.2) is 36.4 Å². The number of aryl methyl sites for hydroxylation is 1. The lowest BCUT2D eigenvalue weighted by molar-refractivity contribution is -0.0353. The Bertz CT molecular complexity index is 1030. The van der Waals surface area contributed by atoms with Crippen LogP contribution in [-0.4, -0.2) is 36.7 Å². The van der Waals surface area contributed by atoms with E-state index in [0.717, 1.165) is 68.6 Å². The zero-order valence-corrected chi connectivity index (χ0v) is 18.7. The molecule has 1 aliphatic carbocycles. The van der Waals surface area contributed by atoms with Crippen LogP contribution in [-0.2, 0) is 11.2 Å². The summed E-state index contributed by atoms with van der Waals surface area (Å²) in [5.74, 6) is -0.449. The van der Waals surface area contributed by atoms with Crippen molar-refractivity contribution in [2.24, 2.45) is 11.3 Å². The van der Waals surface area contributed by atoms with Gasteiger partial charge in [-0.3, -0.25) is 4.90 Å². The second-order valence-corrected chi connectivity index (χ2v) is 10.2. The van der Waals surface area contributed by atoms with Crippen LogP contribution in [0.2, 0.25) is 0 Å². The number of ether oxygens (including phenoxy) is 1. The van der Waals surface area contributed by atoms with Crippen LogP contribution in [0, 0.1) is 23.0 Å². The van der Waals surface area contributed by atoms with Gasteiger partial charge >= 0.3 is 6.09 Å². The lowest BCUT2D eigenvalue weighted by Crippen LogP contribution is -2.53. The van der Waals surface area contributed by atoms with Gasteiger partial charge in [0.15, 0.2) is 0 Å². The number of carbonyl (C=O) groups is 1. The lowest BCUT2D eigenvalue weighted by Gasteiger charge is -2.44. The maximum Gasteiger partial charge on any atom is 0.407 e. The summed E-state index contributed by atoms with van der Waals surface area (Å²) in [7, 11) is 0. The zero-order valence-electron chi connectivity index (χ0n) is 18.7. The summed E-state index contributed by atoms with van der Waals surface area (Å²) in [6, 6.07) is 8.98. The van der Waals surface area contributed by atoms with E-state index in [9.17, 15) is 13.6 Å². The van der Waals surface area contributed by atoms with E-state index in [2.05, 4.69) is 24.1 Å². The van der Waals surface area contributed by atoms with E-state index in [0.29, 0.717) is 11.5 Å². The lowest BCUT2D eigenvalue weighted by atomic mass is 9.70. The van der Waals surface area contributed by atoms with Gasteiger partial charge in [0.05, 0.1) is 6.04 Å². The number of piperidine rings is 3. The van der Waals surface area contributed by atoms with Crippen LogP contribution in [0.5, 0.6) is 0 Å². The Balaban J connectivity index is 1.37. The Morgan fingerprint density at radius 1 is 1.12 bits per heavy atom. The summed E-state index contributed by atoms with van der Waals surface area (Å²) < 4.78 is 33.9. The zero-order chi connectivity index (χ0) is 22.5. The van der Waals surface area contributed by atoms with Gasteiger partial charge in [-0.15, -0.1) is 0 Å². The molecule has 0 saturated carbocycles. The molecule has 6 heteroatoms. The average molecular weight is 441 g/mol. The number of rotatable bonds is 3. The van der Waals surface area contributed by atoms with Crippen molar-refractivity contribution in [3.05, 3.63) is 59.2 Å². The number of nitrogens with zero attached hydrogens (tertiary/aromatic N) is 1. The molecule has 0 radical (unpaired) electrons. The minimum atomic E-state index is -0.463. The van der Waals surface area contributed by atoms with E-state index in [4.69, 9.17) is 4.74 Å². The standard InChI is InChI=1S/C26H30F2N2O2/c1-26(2)10-7-18-13-17(21-14-19(27)4-6-22(21)28)3-5-20(18)24(26)29-25(31)32-23-15-30-11-8-16(23)9-12-30/h3-6,13-14,16,23-24H,7-12,15H2,1-2H3,(H,29,31)/t23-,24?/m1/s1. The molecule has 2 aromatic carbocycles. The number of halogens is 2. The highest BCUT2D eigenvalue weighted by Crippen LogP contribution is 2.44. The average Bonchev–Trinajstić information content (AvgIpc) is 2.78. The van der Waals surface area contributed by atoms with E-state index in [-0.39, 0.29) is 29.2 Å². The van der Waals surface area contributed by atoms with Gasteiger partial charge in [0.25, 0.3) is 0 Å². The molecule has 2 aromatic rings. The van der Waals surface area contributed by atoms with Gasteiger partial charge < -0.3 is 10.1 Å². The van der Waals surface area contributed by atoms with Gasteiger partial charge in [0.1, 0.15) is 17.7 Å². The number of alkyl carbamates (subject to hydrolysis) is 1. The van der Waals surface area contributed by atoms with Gasteiger partial charge in [0, 0.05) is 12.1 Å². The third-order valence-corrected chi connectivity index (χ3v) is 7.63. The molecule has 2 atom stereocenters. The van der Waals surface area contributed by atoms with Crippen molar-refractivity contribution in [2.75, 3.05) is 19.6 Å². The molecule has 3 fully saturated rings. The number of benzene rings is 2. The Labute approximate surface area is 187 Å². The molecular formula is C26H30F2N2O2. The number of carbonyl (C=O) groups excluding carboxylic acids is 1. The molecule has 0 aromatic heterocycles. The third-order valence-electron chi connectivity index (χ3n) is 7.63. The van der Waals surface area contributed by atoms with E-state index >= 15 is 0 Å². The first kappa shape index (κ1) is 21.4. The Kier molecular flexibility index (Phi) is 5.44. The van der Waals surface area contributed by atoms with Crippen LogP contribution >= 0.6 is 0 Å². The minimum Gasteiger partial charge on any atom is -0.445 e. The fourth-order valence-corrected chi connectivity index (χ4v) is 5.62. The second kappa shape index (κ2) is 8.14. The highest BCUT2D eigenvalue weighted by atomic mass is 19.1. The van der Waals surface area contributed by atoms with Gasteiger partial charge in [-0.1, -0.05) is 32.0 Å². The minimum absolute atomic E-state index is 0.0398. The van der Waals surface area contributed by atoms with Crippen molar-refractivity contribution in [2.45, 2.75) is 51.7 Å². The van der Waals surface area contributed by atoms with Gasteiger partial charge in [-0.2, -0.15) is 0 Å². The molecule has 3 aliphatic heterocycles. The number of amides is 1. The fraction of sp³-hybridized carbons (Fsp3) is 0.500. The Hall–Kier alpha value is -2.47. The molecule has 4 nitrogen and oxygen atoms in total. The quantitative estimate of drug-likeness (QED) is 0.689. The summed E-state index contributed by atoms with van der Waals surface area (Å²) in [5, 5.41) is 3.14. The maximum atomic E-state index is 14.3. The van der Waals surface area contributed by atoms with Crippen molar-refractivity contribution >= 4 is 6.09 Å². The van der Waals surface area contributed by atoms with Crippen LogP contribution < -0.4 is 5.32 Å². The van der Waals surface area contributed by atoms with Crippen LogP contribution in [0.25, 0.3) is 11.1 Å². The van der Waals surface area contributed by atoms with Crippen LogP contribution in [0.3, 0.4) is 0 Å². The number of hydrogen-bond donors (Lipinski definition) is 1. The highest BCUT2D eigenvalue weighted by molar-refractivity contribution is 5.70. The summed E-state index contributed by atoms with van der Waals surface area (Å²) in [6.45, 7) is 7.32. The molecule has 1 N–H and O–H groups in total. The van der Waals surface area contributed by atoms with Crippen molar-refractivity contribution in [1.29, 1.82) is 0 Å². The molecule has 170 valence electrons. The first-order valence-electron chi connectivity index (χ1n) is 11.6. The fourth-order valence-electron chi connectivity index (χ4n) is 5.62. The summed E-state index contributed by atoms with van der Waals surface area (Å²) in [6.07, 6.45) is 3.47. The van der Waals surface area contributed by atoms with E-state index in [1.165, 1.54) is 6.07 Å². The first-order valence-corrected chi connectivity index (χ1v) is 11.6. The van der Waals surface area contributed by atoms with Crippen molar-refractivity contribution in [3.63, 3.8) is 0 Å². The molecule has 2 bridgehead atoms. The largest absolute Gasteiger partial charge is 0.445 e. The smallest absolute Gasteiger partial charge is 0.407 e. The Morgan fingerprint density at radius 2 is 1.91 bits per heavy atom. The SMILES string of the molecule is CC1(C)CCc2cc(-c3cc(F)ccc3F)ccc2C1NC(=O)O[C@@H]1CN2CCC1CC2. The second-order valence-electron chi connectivity index (χ2n) is 10.2. The first-order chi connectivity index (χ1) is 15.3. The molecule has 3 saturated heterocycles. The van der Waals surface area contributed by atoms with Crippen LogP contribution in [0.1, 0.15) is 50.3 Å². The highest BCUT2D eigenvalue weighted by Gasteiger charge is 2.40. The molecular weight excluding hydrogens is 410 g/mol. The Morgan fingerprint density at radius 3 is 2.62 bits per heavy atom. The molecule has 4 aliphatic rings. The van der Waals surface area contributed by atoms with Crippen molar-refractivity contribution < 1.29 is 18.3 Å². The normalized spacial score (nSPS) is 28.1.